The van der Waals surface area contributed by atoms with Crippen LogP contribution in [-0.4, -0.2) is 31.7 Å². The summed E-state index contributed by atoms with van der Waals surface area (Å²) < 4.78 is 26.5. The highest BCUT2D eigenvalue weighted by Crippen LogP contribution is 2.20. The zero-order chi connectivity index (χ0) is 18.8. The second-order valence-corrected chi connectivity index (χ2v) is 8.41. The van der Waals surface area contributed by atoms with Crippen molar-refractivity contribution in [3.63, 3.8) is 0 Å². The van der Waals surface area contributed by atoms with Crippen molar-refractivity contribution < 1.29 is 13.2 Å². The highest BCUT2D eigenvalue weighted by Gasteiger charge is 2.24. The Morgan fingerprint density at radius 2 is 1.76 bits per heavy atom. The summed E-state index contributed by atoms with van der Waals surface area (Å²) in [6, 6.07) is 11.7. The molecule has 6 heteroatoms. The van der Waals surface area contributed by atoms with Gasteiger partial charge < -0.3 is 5.32 Å². The minimum absolute atomic E-state index is 0.109. The number of amides is 1. The average Bonchev–Trinajstić information content (AvgIpc) is 2.57. The highest BCUT2D eigenvalue weighted by molar-refractivity contribution is 7.89. The molecule has 0 aliphatic carbocycles. The predicted octanol–water partition coefficient (Wildman–Crippen LogP) is 3.58. The number of nitrogens with one attached hydrogen (secondary N) is 1. The summed E-state index contributed by atoms with van der Waals surface area (Å²) in [5.41, 5.74) is 3.01. The van der Waals surface area contributed by atoms with Crippen LogP contribution < -0.4 is 5.32 Å². The molecule has 0 heterocycles. The van der Waals surface area contributed by atoms with Gasteiger partial charge >= 0.3 is 0 Å². The number of nitrogens with zero attached hydrogens (tertiary/aromatic N) is 1. The van der Waals surface area contributed by atoms with Crippen LogP contribution in [0.5, 0.6) is 0 Å². The lowest BCUT2D eigenvalue weighted by molar-refractivity contribution is 0.102. The number of anilines is 1. The highest BCUT2D eigenvalue weighted by atomic mass is 32.2. The molecule has 1 amide bonds. The molecule has 2 aromatic carbocycles. The molecule has 0 aliphatic heterocycles. The standard InChI is InChI=1S/C19H24N2O3S/c1-13(2)21(5)25(23,24)17-8-6-7-16(12-17)19(22)20-18-11-14(3)9-10-15(18)4/h6-13H,1-5H3,(H,20,22). The fourth-order valence-corrected chi connectivity index (χ4v) is 3.72. The molecule has 0 bridgehead atoms. The van der Waals surface area contributed by atoms with Crippen molar-refractivity contribution in [2.24, 2.45) is 0 Å². The average molecular weight is 360 g/mol. The van der Waals surface area contributed by atoms with Gasteiger partial charge in [-0.1, -0.05) is 18.2 Å². The van der Waals surface area contributed by atoms with E-state index in [9.17, 15) is 13.2 Å². The Bertz CT molecular complexity index is 889. The van der Waals surface area contributed by atoms with Crippen LogP contribution in [0.15, 0.2) is 47.4 Å². The van der Waals surface area contributed by atoms with Crippen molar-refractivity contribution in [3.8, 4) is 0 Å². The van der Waals surface area contributed by atoms with E-state index >= 15 is 0 Å². The smallest absolute Gasteiger partial charge is 0.255 e. The van der Waals surface area contributed by atoms with E-state index in [4.69, 9.17) is 0 Å². The third-order valence-electron chi connectivity index (χ3n) is 4.14. The molecule has 0 saturated carbocycles. The van der Waals surface area contributed by atoms with Gasteiger partial charge in [0.25, 0.3) is 5.91 Å². The van der Waals surface area contributed by atoms with Crippen LogP contribution in [0.1, 0.15) is 35.3 Å². The number of carbonyl (C=O) groups is 1. The van der Waals surface area contributed by atoms with E-state index in [-0.39, 0.29) is 16.8 Å². The number of hydrogen-bond acceptors (Lipinski definition) is 3. The Labute approximate surface area is 149 Å². The van der Waals surface area contributed by atoms with Crippen LogP contribution in [0.25, 0.3) is 0 Å². The number of sulfonamides is 1. The van der Waals surface area contributed by atoms with Crippen molar-refractivity contribution in [2.45, 2.75) is 38.6 Å². The fraction of sp³-hybridized carbons (Fsp3) is 0.316. The summed E-state index contributed by atoms with van der Waals surface area (Å²) in [6.45, 7) is 7.46. The molecule has 0 aromatic heterocycles. The third-order valence-corrected chi connectivity index (χ3v) is 6.17. The van der Waals surface area contributed by atoms with E-state index in [1.54, 1.807) is 26.0 Å². The maximum atomic E-state index is 12.6. The lowest BCUT2D eigenvalue weighted by Gasteiger charge is -2.21. The van der Waals surface area contributed by atoms with Gasteiger partial charge in [0.2, 0.25) is 10.0 Å². The van der Waals surface area contributed by atoms with Gasteiger partial charge in [0.15, 0.2) is 0 Å². The quantitative estimate of drug-likeness (QED) is 0.886. The van der Waals surface area contributed by atoms with Gasteiger partial charge in [-0.3, -0.25) is 4.79 Å². The van der Waals surface area contributed by atoms with Gasteiger partial charge in [-0.2, -0.15) is 4.31 Å². The first-order valence-corrected chi connectivity index (χ1v) is 9.53. The molecule has 5 nitrogen and oxygen atoms in total. The molecule has 25 heavy (non-hydrogen) atoms. The summed E-state index contributed by atoms with van der Waals surface area (Å²) in [7, 11) is -2.10. The van der Waals surface area contributed by atoms with E-state index in [0.29, 0.717) is 5.56 Å². The zero-order valence-corrected chi connectivity index (χ0v) is 16.0. The summed E-state index contributed by atoms with van der Waals surface area (Å²) >= 11 is 0. The first-order valence-electron chi connectivity index (χ1n) is 8.09. The Morgan fingerprint density at radius 3 is 2.40 bits per heavy atom. The molecular formula is C19H24N2O3S. The maximum absolute atomic E-state index is 12.6. The van der Waals surface area contributed by atoms with Crippen LogP contribution in [-0.2, 0) is 10.0 Å². The first-order chi connectivity index (χ1) is 11.6. The second-order valence-electron chi connectivity index (χ2n) is 6.42. The van der Waals surface area contributed by atoms with Crippen molar-refractivity contribution >= 4 is 21.6 Å². The molecule has 0 spiro atoms. The predicted molar refractivity (Wildman–Crippen MR) is 100 cm³/mol. The van der Waals surface area contributed by atoms with Gasteiger partial charge in [0.05, 0.1) is 4.90 Å². The van der Waals surface area contributed by atoms with Gasteiger partial charge in [-0.05, 0) is 63.1 Å². The molecule has 0 fully saturated rings. The topological polar surface area (TPSA) is 66.5 Å². The van der Waals surface area contributed by atoms with Crippen LogP contribution in [0.4, 0.5) is 5.69 Å². The van der Waals surface area contributed by atoms with Crippen molar-refractivity contribution in [1.82, 2.24) is 4.31 Å². The Balaban J connectivity index is 2.32. The van der Waals surface area contributed by atoms with Crippen molar-refractivity contribution in [2.75, 3.05) is 12.4 Å². The minimum atomic E-state index is -3.63. The zero-order valence-electron chi connectivity index (χ0n) is 15.2. The summed E-state index contributed by atoms with van der Waals surface area (Å²) in [5, 5.41) is 2.85. The minimum Gasteiger partial charge on any atom is -0.322 e. The van der Waals surface area contributed by atoms with Crippen LogP contribution in [0, 0.1) is 13.8 Å². The molecular weight excluding hydrogens is 336 g/mol. The van der Waals surface area contributed by atoms with Crippen molar-refractivity contribution in [3.05, 3.63) is 59.2 Å². The molecule has 1 N–H and O–H groups in total. The Morgan fingerprint density at radius 1 is 1.08 bits per heavy atom. The molecule has 0 saturated heterocycles. The molecule has 2 aromatic rings. The number of rotatable bonds is 5. The Kier molecular flexibility index (Phi) is 5.65. The summed E-state index contributed by atoms with van der Waals surface area (Å²) in [6.07, 6.45) is 0. The Hall–Kier alpha value is -2.18. The fourth-order valence-electron chi connectivity index (χ4n) is 2.31. The van der Waals surface area contributed by atoms with E-state index in [2.05, 4.69) is 5.32 Å². The molecule has 0 atom stereocenters. The summed E-state index contributed by atoms with van der Waals surface area (Å²) in [5.74, 6) is -0.335. The van der Waals surface area contributed by atoms with E-state index in [0.717, 1.165) is 16.8 Å². The first kappa shape index (κ1) is 19.1. The molecule has 0 radical (unpaired) electrons. The molecule has 0 aliphatic rings. The van der Waals surface area contributed by atoms with Gasteiger partial charge in [-0.25, -0.2) is 8.42 Å². The lowest BCUT2D eigenvalue weighted by atomic mass is 10.1. The van der Waals surface area contributed by atoms with Gasteiger partial charge in [0, 0.05) is 24.3 Å². The second kappa shape index (κ2) is 7.37. The molecule has 134 valence electrons. The number of carbonyl (C=O) groups excluding carboxylic acids is 1. The normalized spacial score (nSPS) is 11.8. The van der Waals surface area contributed by atoms with Crippen LogP contribution >= 0.6 is 0 Å². The third kappa shape index (κ3) is 4.27. The van der Waals surface area contributed by atoms with E-state index in [1.165, 1.54) is 23.5 Å². The van der Waals surface area contributed by atoms with Crippen molar-refractivity contribution in [1.29, 1.82) is 0 Å². The largest absolute Gasteiger partial charge is 0.322 e. The van der Waals surface area contributed by atoms with Gasteiger partial charge in [0.1, 0.15) is 0 Å². The number of aryl methyl sites for hydroxylation is 2. The maximum Gasteiger partial charge on any atom is 0.255 e. The summed E-state index contributed by atoms with van der Waals surface area (Å²) in [4.78, 5) is 12.6. The van der Waals surface area contributed by atoms with E-state index in [1.807, 2.05) is 32.0 Å². The van der Waals surface area contributed by atoms with Crippen LogP contribution in [0.3, 0.4) is 0 Å². The number of hydrogen-bond donors (Lipinski definition) is 1. The lowest BCUT2D eigenvalue weighted by Crippen LogP contribution is -2.33. The van der Waals surface area contributed by atoms with Gasteiger partial charge in [-0.15, -0.1) is 0 Å². The van der Waals surface area contributed by atoms with E-state index < -0.39 is 10.0 Å². The molecule has 2 rings (SSSR count). The monoisotopic (exact) mass is 360 g/mol. The SMILES string of the molecule is Cc1ccc(C)c(NC(=O)c2cccc(S(=O)(=O)N(C)C(C)C)c2)c1. The van der Waals surface area contributed by atoms with Crippen LogP contribution in [0.2, 0.25) is 0 Å². The number of benzene rings is 2. The molecule has 0 unspecified atom stereocenters.